The van der Waals surface area contributed by atoms with Gasteiger partial charge in [0.25, 0.3) is 0 Å². The summed E-state index contributed by atoms with van der Waals surface area (Å²) in [5.74, 6) is 0.603. The fourth-order valence-electron chi connectivity index (χ4n) is 1.32. The molecule has 1 heterocycles. The number of pyridine rings is 1. The van der Waals surface area contributed by atoms with Gasteiger partial charge in [0.05, 0.1) is 31.8 Å². The Kier molecular flexibility index (Phi) is 4.07. The predicted octanol–water partition coefficient (Wildman–Crippen LogP) is 4.77. The largest absolute Gasteiger partial charge is 0.338 e. The molecule has 18 heavy (non-hydrogen) atoms. The average molecular weight is 343 g/mol. The number of nitriles is 1. The fourth-order valence-corrected chi connectivity index (χ4v) is 2.29. The maximum atomic E-state index is 8.75. The third-order valence-corrected chi connectivity index (χ3v) is 3.28. The van der Waals surface area contributed by atoms with Crippen molar-refractivity contribution in [2.75, 3.05) is 5.32 Å². The summed E-state index contributed by atoms with van der Waals surface area (Å²) >= 11 is 15.2. The van der Waals surface area contributed by atoms with E-state index in [0.29, 0.717) is 27.1 Å². The number of nitrogens with zero attached hydrogens (tertiary/aromatic N) is 2. The third-order valence-electron chi connectivity index (χ3n) is 2.16. The molecular weight excluding hydrogens is 337 g/mol. The van der Waals surface area contributed by atoms with Crippen molar-refractivity contribution in [1.29, 1.82) is 5.26 Å². The Balaban J connectivity index is 2.32. The van der Waals surface area contributed by atoms with Crippen molar-refractivity contribution >= 4 is 50.6 Å². The molecule has 6 heteroatoms. The zero-order valence-corrected chi connectivity index (χ0v) is 12.0. The van der Waals surface area contributed by atoms with Crippen LogP contribution in [0.15, 0.2) is 34.9 Å². The molecule has 0 aliphatic heterocycles. The molecule has 0 aliphatic carbocycles. The summed E-state index contributed by atoms with van der Waals surface area (Å²) in [5, 5.41) is 12.8. The smallest absolute Gasteiger partial charge is 0.144 e. The molecule has 3 nitrogen and oxygen atoms in total. The van der Waals surface area contributed by atoms with Crippen LogP contribution in [0, 0.1) is 11.3 Å². The topological polar surface area (TPSA) is 48.7 Å². The first kappa shape index (κ1) is 13.2. The zero-order valence-electron chi connectivity index (χ0n) is 8.92. The van der Waals surface area contributed by atoms with Crippen LogP contribution in [0.3, 0.4) is 0 Å². The highest BCUT2D eigenvalue weighted by Gasteiger charge is 2.06. The SMILES string of the molecule is N#Cc1ccc(Nc2ncc(Cl)cc2Br)c(Cl)c1. The van der Waals surface area contributed by atoms with Crippen molar-refractivity contribution in [3.05, 3.63) is 50.5 Å². The van der Waals surface area contributed by atoms with Crippen molar-refractivity contribution in [2.45, 2.75) is 0 Å². The molecule has 0 bridgehead atoms. The molecule has 0 amide bonds. The van der Waals surface area contributed by atoms with Gasteiger partial charge in [-0.25, -0.2) is 4.98 Å². The lowest BCUT2D eigenvalue weighted by Crippen LogP contribution is -1.95. The van der Waals surface area contributed by atoms with Gasteiger partial charge in [-0.15, -0.1) is 0 Å². The van der Waals surface area contributed by atoms with E-state index < -0.39 is 0 Å². The summed E-state index contributed by atoms with van der Waals surface area (Å²) in [6, 6.07) is 8.75. The van der Waals surface area contributed by atoms with E-state index in [9.17, 15) is 0 Å². The van der Waals surface area contributed by atoms with Crippen LogP contribution < -0.4 is 5.32 Å². The second-order valence-corrected chi connectivity index (χ2v) is 5.11. The minimum absolute atomic E-state index is 0.456. The Morgan fingerprint density at radius 2 is 2.06 bits per heavy atom. The number of benzene rings is 1. The van der Waals surface area contributed by atoms with Crippen molar-refractivity contribution in [3.63, 3.8) is 0 Å². The van der Waals surface area contributed by atoms with Gasteiger partial charge >= 0.3 is 0 Å². The monoisotopic (exact) mass is 341 g/mol. The summed E-state index contributed by atoms with van der Waals surface area (Å²) in [6.45, 7) is 0. The Bertz CT molecular complexity index is 638. The van der Waals surface area contributed by atoms with Gasteiger partial charge in [-0.1, -0.05) is 23.2 Å². The minimum atomic E-state index is 0.456. The van der Waals surface area contributed by atoms with E-state index in [2.05, 4.69) is 26.2 Å². The molecule has 0 aliphatic rings. The summed E-state index contributed by atoms with van der Waals surface area (Å²) in [4.78, 5) is 4.14. The number of hydrogen-bond acceptors (Lipinski definition) is 3. The molecule has 0 spiro atoms. The number of nitrogens with one attached hydrogen (secondary N) is 1. The van der Waals surface area contributed by atoms with Gasteiger partial charge in [0.2, 0.25) is 0 Å². The second kappa shape index (κ2) is 5.57. The van der Waals surface area contributed by atoms with Crippen molar-refractivity contribution in [3.8, 4) is 6.07 Å². The first-order valence-electron chi connectivity index (χ1n) is 4.88. The van der Waals surface area contributed by atoms with Gasteiger partial charge in [-0.05, 0) is 40.2 Å². The van der Waals surface area contributed by atoms with E-state index in [1.807, 2.05) is 6.07 Å². The normalized spacial score (nSPS) is 9.89. The lowest BCUT2D eigenvalue weighted by Gasteiger charge is -2.09. The first-order valence-corrected chi connectivity index (χ1v) is 6.43. The number of anilines is 2. The summed E-state index contributed by atoms with van der Waals surface area (Å²) in [5.41, 5.74) is 1.18. The van der Waals surface area contributed by atoms with Crippen molar-refractivity contribution in [2.24, 2.45) is 0 Å². The molecule has 2 rings (SSSR count). The fraction of sp³-hybridized carbons (Fsp3) is 0. The van der Waals surface area contributed by atoms with Crippen LogP contribution in [-0.2, 0) is 0 Å². The van der Waals surface area contributed by atoms with Crippen LogP contribution in [0.5, 0.6) is 0 Å². The van der Waals surface area contributed by atoms with Crippen LogP contribution in [0.1, 0.15) is 5.56 Å². The Morgan fingerprint density at radius 3 is 2.67 bits per heavy atom. The van der Waals surface area contributed by atoms with Gasteiger partial charge in [0.1, 0.15) is 5.82 Å². The molecule has 0 fully saturated rings. The molecule has 0 radical (unpaired) electrons. The molecule has 2 aromatic rings. The average Bonchev–Trinajstić information content (AvgIpc) is 2.34. The summed E-state index contributed by atoms with van der Waals surface area (Å²) in [7, 11) is 0. The van der Waals surface area contributed by atoms with E-state index >= 15 is 0 Å². The molecule has 0 saturated heterocycles. The van der Waals surface area contributed by atoms with E-state index in [1.165, 1.54) is 6.20 Å². The maximum Gasteiger partial charge on any atom is 0.144 e. The molecule has 1 aromatic heterocycles. The van der Waals surface area contributed by atoms with Crippen LogP contribution in [0.2, 0.25) is 10.0 Å². The maximum absolute atomic E-state index is 8.75. The molecule has 0 atom stereocenters. The van der Waals surface area contributed by atoms with Gasteiger partial charge in [0.15, 0.2) is 0 Å². The Morgan fingerprint density at radius 1 is 1.28 bits per heavy atom. The van der Waals surface area contributed by atoms with Crippen LogP contribution in [-0.4, -0.2) is 4.98 Å². The molecule has 0 saturated carbocycles. The number of hydrogen-bond donors (Lipinski definition) is 1. The van der Waals surface area contributed by atoms with Crippen LogP contribution in [0.25, 0.3) is 0 Å². The standard InChI is InChI=1S/C12H6BrCl2N3/c13-9-4-8(14)6-17-12(9)18-11-2-1-7(5-16)3-10(11)15/h1-4,6H,(H,17,18). The summed E-state index contributed by atoms with van der Waals surface area (Å²) < 4.78 is 0.732. The van der Waals surface area contributed by atoms with Crippen LogP contribution in [0.4, 0.5) is 11.5 Å². The number of aromatic nitrogens is 1. The quantitative estimate of drug-likeness (QED) is 0.855. The van der Waals surface area contributed by atoms with Crippen molar-refractivity contribution < 1.29 is 0 Å². The van der Waals surface area contributed by atoms with E-state index in [1.54, 1.807) is 24.3 Å². The van der Waals surface area contributed by atoms with Crippen molar-refractivity contribution in [1.82, 2.24) is 4.98 Å². The molecule has 1 aromatic carbocycles. The van der Waals surface area contributed by atoms with Gasteiger partial charge in [0, 0.05) is 6.20 Å². The lowest BCUT2D eigenvalue weighted by molar-refractivity contribution is 1.29. The third kappa shape index (κ3) is 2.94. The highest BCUT2D eigenvalue weighted by atomic mass is 79.9. The van der Waals surface area contributed by atoms with E-state index in [0.717, 1.165) is 4.47 Å². The second-order valence-electron chi connectivity index (χ2n) is 3.42. The van der Waals surface area contributed by atoms with Crippen LogP contribution >= 0.6 is 39.1 Å². The number of halogens is 3. The summed E-state index contributed by atoms with van der Waals surface area (Å²) in [6.07, 6.45) is 1.53. The number of rotatable bonds is 2. The molecule has 0 unspecified atom stereocenters. The molecule has 1 N–H and O–H groups in total. The van der Waals surface area contributed by atoms with E-state index in [-0.39, 0.29) is 0 Å². The van der Waals surface area contributed by atoms with Gasteiger partial charge in [-0.3, -0.25) is 0 Å². The molecular formula is C12H6BrCl2N3. The minimum Gasteiger partial charge on any atom is -0.338 e. The zero-order chi connectivity index (χ0) is 13.1. The Labute approximate surface area is 122 Å². The predicted molar refractivity (Wildman–Crippen MR) is 76.4 cm³/mol. The highest BCUT2D eigenvalue weighted by Crippen LogP contribution is 2.30. The van der Waals surface area contributed by atoms with E-state index in [4.69, 9.17) is 28.5 Å². The highest BCUT2D eigenvalue weighted by molar-refractivity contribution is 9.10. The molecule has 90 valence electrons. The Hall–Kier alpha value is -1.28. The first-order chi connectivity index (χ1) is 8.60. The lowest BCUT2D eigenvalue weighted by atomic mass is 10.2. The van der Waals surface area contributed by atoms with Gasteiger partial charge < -0.3 is 5.32 Å². The van der Waals surface area contributed by atoms with Gasteiger partial charge in [-0.2, -0.15) is 5.26 Å².